The highest BCUT2D eigenvalue weighted by molar-refractivity contribution is 7.90. The molecular formula is C25H31NO6S. The summed E-state index contributed by atoms with van der Waals surface area (Å²) >= 11 is 0. The molecule has 0 N–H and O–H groups in total. The van der Waals surface area contributed by atoms with Gasteiger partial charge in [0.2, 0.25) is 0 Å². The van der Waals surface area contributed by atoms with Gasteiger partial charge in [0, 0.05) is 32.2 Å². The van der Waals surface area contributed by atoms with Gasteiger partial charge < -0.3 is 19.1 Å². The van der Waals surface area contributed by atoms with Crippen molar-refractivity contribution in [3.63, 3.8) is 0 Å². The van der Waals surface area contributed by atoms with Gasteiger partial charge in [-0.05, 0) is 81.6 Å². The van der Waals surface area contributed by atoms with E-state index in [1.165, 1.54) is 6.26 Å². The third-order valence-corrected chi connectivity index (χ3v) is 7.15. The molecule has 0 aromatic heterocycles. The standard InChI is InChI=1S/C25H31NO6S/c1-24(2,3)32-23(27)26-15-13-25(14-16-26)12-11-18-17-20(7-10-22(18)31-25)30-19-5-8-21(9-6-19)33(4,28)29/h5-10,17H,11-16H2,1-4H3. The molecule has 2 aliphatic rings. The van der Waals surface area contributed by atoms with E-state index in [1.54, 1.807) is 29.2 Å². The van der Waals surface area contributed by atoms with Gasteiger partial charge >= 0.3 is 6.09 Å². The van der Waals surface area contributed by atoms with E-state index < -0.39 is 15.4 Å². The van der Waals surface area contributed by atoms with E-state index in [1.807, 2.05) is 39.0 Å². The van der Waals surface area contributed by atoms with Crippen LogP contribution in [0.5, 0.6) is 17.2 Å². The van der Waals surface area contributed by atoms with Gasteiger partial charge in [-0.15, -0.1) is 0 Å². The lowest BCUT2D eigenvalue weighted by molar-refractivity contribution is -0.0273. The Balaban J connectivity index is 1.38. The van der Waals surface area contributed by atoms with E-state index in [2.05, 4.69) is 0 Å². The fourth-order valence-electron chi connectivity index (χ4n) is 4.23. The van der Waals surface area contributed by atoms with Gasteiger partial charge in [-0.2, -0.15) is 0 Å². The Labute approximate surface area is 195 Å². The first-order valence-corrected chi connectivity index (χ1v) is 13.1. The van der Waals surface area contributed by atoms with Crippen molar-refractivity contribution in [3.05, 3.63) is 48.0 Å². The zero-order valence-electron chi connectivity index (χ0n) is 19.6. The summed E-state index contributed by atoms with van der Waals surface area (Å²) in [6.07, 6.45) is 4.22. The van der Waals surface area contributed by atoms with Crippen molar-refractivity contribution in [1.29, 1.82) is 0 Å². The van der Waals surface area contributed by atoms with E-state index in [4.69, 9.17) is 14.2 Å². The molecular weight excluding hydrogens is 442 g/mol. The van der Waals surface area contributed by atoms with Crippen LogP contribution in [0.3, 0.4) is 0 Å². The summed E-state index contributed by atoms with van der Waals surface area (Å²) in [5.41, 5.74) is 0.331. The summed E-state index contributed by atoms with van der Waals surface area (Å²) in [6, 6.07) is 12.1. The average molecular weight is 474 g/mol. The van der Waals surface area contributed by atoms with E-state index in [0.717, 1.165) is 37.0 Å². The minimum absolute atomic E-state index is 0.255. The molecule has 1 amide bonds. The van der Waals surface area contributed by atoms with E-state index in [-0.39, 0.29) is 16.6 Å². The molecule has 2 heterocycles. The highest BCUT2D eigenvalue weighted by Gasteiger charge is 2.41. The first kappa shape index (κ1) is 23.4. The zero-order chi connectivity index (χ0) is 23.9. The molecule has 8 heteroatoms. The third-order valence-electron chi connectivity index (χ3n) is 6.02. The predicted molar refractivity (Wildman–Crippen MR) is 125 cm³/mol. The maximum absolute atomic E-state index is 12.4. The normalized spacial score (nSPS) is 17.8. The minimum Gasteiger partial charge on any atom is -0.487 e. The van der Waals surface area contributed by atoms with E-state index in [9.17, 15) is 13.2 Å². The van der Waals surface area contributed by atoms with Gasteiger partial charge in [0.25, 0.3) is 0 Å². The minimum atomic E-state index is -3.24. The number of piperidine rings is 1. The summed E-state index contributed by atoms with van der Waals surface area (Å²) in [5, 5.41) is 0. The molecule has 0 atom stereocenters. The Morgan fingerprint density at radius 3 is 2.24 bits per heavy atom. The zero-order valence-corrected chi connectivity index (χ0v) is 20.4. The second-order valence-corrected chi connectivity index (χ2v) is 11.9. The monoisotopic (exact) mass is 473 g/mol. The van der Waals surface area contributed by atoms with Crippen LogP contribution in [0.25, 0.3) is 0 Å². The van der Waals surface area contributed by atoms with Crippen LogP contribution >= 0.6 is 0 Å². The number of rotatable bonds is 3. The Bertz CT molecular complexity index is 1130. The number of sulfone groups is 1. The molecule has 178 valence electrons. The van der Waals surface area contributed by atoms with Crippen LogP contribution in [-0.4, -0.2) is 50.0 Å². The first-order valence-electron chi connectivity index (χ1n) is 11.2. The number of hydrogen-bond acceptors (Lipinski definition) is 6. The number of benzene rings is 2. The number of nitrogens with zero attached hydrogens (tertiary/aromatic N) is 1. The number of ether oxygens (including phenoxy) is 3. The van der Waals surface area contributed by atoms with Crippen molar-refractivity contribution in [2.75, 3.05) is 19.3 Å². The lowest BCUT2D eigenvalue weighted by Crippen LogP contribution is -2.51. The van der Waals surface area contributed by atoms with E-state index in [0.29, 0.717) is 24.6 Å². The highest BCUT2D eigenvalue weighted by Crippen LogP contribution is 2.41. The van der Waals surface area contributed by atoms with Crippen LogP contribution in [0.15, 0.2) is 47.4 Å². The van der Waals surface area contributed by atoms with Crippen LogP contribution in [-0.2, 0) is 21.0 Å². The lowest BCUT2D eigenvalue weighted by Gasteiger charge is -2.44. The Morgan fingerprint density at radius 1 is 1.00 bits per heavy atom. The third kappa shape index (κ3) is 5.61. The molecule has 1 saturated heterocycles. The molecule has 0 radical (unpaired) electrons. The van der Waals surface area contributed by atoms with Crippen molar-refractivity contribution in [2.24, 2.45) is 0 Å². The average Bonchev–Trinajstić information content (AvgIpc) is 2.73. The molecule has 1 fully saturated rings. The molecule has 0 aliphatic carbocycles. The maximum atomic E-state index is 12.4. The smallest absolute Gasteiger partial charge is 0.410 e. The topological polar surface area (TPSA) is 82.1 Å². The predicted octanol–water partition coefficient (Wildman–Crippen LogP) is 4.98. The van der Waals surface area contributed by atoms with Crippen LogP contribution in [0.4, 0.5) is 4.79 Å². The fourth-order valence-corrected chi connectivity index (χ4v) is 4.86. The van der Waals surface area contributed by atoms with Gasteiger partial charge in [-0.1, -0.05) is 0 Å². The highest BCUT2D eigenvalue weighted by atomic mass is 32.2. The quantitative estimate of drug-likeness (QED) is 0.626. The molecule has 0 bridgehead atoms. The van der Waals surface area contributed by atoms with Gasteiger partial charge in [0.1, 0.15) is 28.5 Å². The van der Waals surface area contributed by atoms with Crippen LogP contribution in [0.1, 0.15) is 45.6 Å². The van der Waals surface area contributed by atoms with Crippen LogP contribution < -0.4 is 9.47 Å². The number of carbonyl (C=O) groups excluding carboxylic acids is 1. The number of likely N-dealkylation sites (tertiary alicyclic amines) is 1. The van der Waals surface area contributed by atoms with Crippen molar-refractivity contribution in [1.82, 2.24) is 4.90 Å². The Kier molecular flexibility index (Phi) is 6.07. The number of hydrogen-bond donors (Lipinski definition) is 0. The maximum Gasteiger partial charge on any atom is 0.410 e. The van der Waals surface area contributed by atoms with Crippen LogP contribution in [0.2, 0.25) is 0 Å². The second kappa shape index (κ2) is 8.56. The molecule has 2 aromatic carbocycles. The molecule has 1 spiro atoms. The fraction of sp³-hybridized carbons (Fsp3) is 0.480. The summed E-state index contributed by atoms with van der Waals surface area (Å²) in [4.78, 5) is 14.4. The number of aryl methyl sites for hydroxylation is 1. The Hall–Kier alpha value is -2.74. The molecule has 4 rings (SSSR count). The van der Waals surface area contributed by atoms with Crippen molar-refractivity contribution < 1.29 is 27.4 Å². The van der Waals surface area contributed by atoms with Crippen molar-refractivity contribution in [2.45, 2.75) is 62.6 Å². The second-order valence-electron chi connectivity index (χ2n) is 9.87. The molecule has 0 saturated carbocycles. The van der Waals surface area contributed by atoms with Gasteiger partial charge in [0.05, 0.1) is 4.90 Å². The largest absolute Gasteiger partial charge is 0.487 e. The SMILES string of the molecule is CC(C)(C)OC(=O)N1CCC2(CCc3cc(Oc4ccc(S(C)(=O)=O)cc4)ccc3O2)CC1. The van der Waals surface area contributed by atoms with Crippen molar-refractivity contribution in [3.8, 4) is 17.2 Å². The lowest BCUT2D eigenvalue weighted by atomic mass is 9.83. The van der Waals surface area contributed by atoms with Gasteiger partial charge in [0.15, 0.2) is 9.84 Å². The summed E-state index contributed by atoms with van der Waals surface area (Å²) in [5.74, 6) is 2.11. The summed E-state index contributed by atoms with van der Waals surface area (Å²) < 4.78 is 41.1. The summed E-state index contributed by atoms with van der Waals surface area (Å²) in [6.45, 7) is 6.87. The Morgan fingerprint density at radius 2 is 1.64 bits per heavy atom. The number of carbonyl (C=O) groups is 1. The van der Waals surface area contributed by atoms with Gasteiger partial charge in [-0.3, -0.25) is 0 Å². The molecule has 2 aromatic rings. The van der Waals surface area contributed by atoms with Gasteiger partial charge in [-0.25, -0.2) is 13.2 Å². The molecule has 7 nitrogen and oxygen atoms in total. The molecule has 2 aliphatic heterocycles. The van der Waals surface area contributed by atoms with Crippen molar-refractivity contribution >= 4 is 15.9 Å². The van der Waals surface area contributed by atoms with Crippen LogP contribution in [0, 0.1) is 0 Å². The number of fused-ring (bicyclic) bond motifs is 1. The molecule has 0 unspecified atom stereocenters. The number of amides is 1. The summed E-state index contributed by atoms with van der Waals surface area (Å²) in [7, 11) is -3.24. The first-order chi connectivity index (χ1) is 15.4. The van der Waals surface area contributed by atoms with E-state index >= 15 is 0 Å². The molecule has 33 heavy (non-hydrogen) atoms.